The summed E-state index contributed by atoms with van der Waals surface area (Å²) in [6.07, 6.45) is -5.68. The highest BCUT2D eigenvalue weighted by Gasteiger charge is 2.33. The van der Waals surface area contributed by atoms with Crippen LogP contribution in [-0.2, 0) is 16.6 Å². The highest BCUT2D eigenvalue weighted by molar-refractivity contribution is 9.10. The summed E-state index contributed by atoms with van der Waals surface area (Å²) < 4.78 is 67.9. The zero-order valence-electron chi connectivity index (χ0n) is 11.4. The predicted octanol–water partition coefficient (Wildman–Crippen LogP) is 2.77. The lowest BCUT2D eigenvalue weighted by Crippen LogP contribution is -2.35. The smallest absolute Gasteiger partial charge is 0.390 e. The molecule has 0 amide bonds. The molecule has 1 aromatic heterocycles. The van der Waals surface area contributed by atoms with E-state index >= 15 is 0 Å². The third-order valence-corrected chi connectivity index (χ3v) is 4.89. The summed E-state index contributed by atoms with van der Waals surface area (Å²) >= 11 is 2.96. The zero-order chi connectivity index (χ0) is 16.3. The van der Waals surface area contributed by atoms with Gasteiger partial charge in [-0.1, -0.05) is 6.92 Å². The summed E-state index contributed by atoms with van der Waals surface area (Å²) in [5.41, 5.74) is 0. The highest BCUT2D eigenvalue weighted by atomic mass is 79.9. The van der Waals surface area contributed by atoms with Gasteiger partial charge in [0.1, 0.15) is 10.7 Å². The Morgan fingerprint density at radius 2 is 2.05 bits per heavy atom. The number of furan rings is 1. The molecule has 2 N–H and O–H groups in total. The van der Waals surface area contributed by atoms with Crippen LogP contribution in [0.25, 0.3) is 0 Å². The van der Waals surface area contributed by atoms with Gasteiger partial charge in [0.15, 0.2) is 4.67 Å². The molecule has 0 radical (unpaired) electrons. The van der Waals surface area contributed by atoms with E-state index in [1.54, 1.807) is 0 Å². The largest absolute Gasteiger partial charge is 0.452 e. The van der Waals surface area contributed by atoms with Crippen molar-refractivity contribution in [2.24, 2.45) is 0 Å². The molecule has 0 bridgehead atoms. The van der Waals surface area contributed by atoms with Crippen LogP contribution in [0, 0.1) is 0 Å². The van der Waals surface area contributed by atoms with Crippen LogP contribution in [0.15, 0.2) is 20.0 Å². The van der Waals surface area contributed by atoms with Crippen molar-refractivity contribution in [3.63, 3.8) is 0 Å². The Bertz CT molecular complexity index is 572. The summed E-state index contributed by atoms with van der Waals surface area (Å²) in [5.74, 6) is 0.368. The molecule has 122 valence electrons. The van der Waals surface area contributed by atoms with E-state index in [9.17, 15) is 21.6 Å². The maximum Gasteiger partial charge on any atom is 0.390 e. The van der Waals surface area contributed by atoms with Crippen molar-refractivity contribution in [3.8, 4) is 0 Å². The topological polar surface area (TPSA) is 71.3 Å². The normalized spacial score (nSPS) is 14.4. The molecule has 0 aromatic carbocycles. The van der Waals surface area contributed by atoms with E-state index in [4.69, 9.17) is 4.42 Å². The predicted molar refractivity (Wildman–Crippen MR) is 74.2 cm³/mol. The van der Waals surface area contributed by atoms with E-state index in [-0.39, 0.29) is 9.56 Å². The van der Waals surface area contributed by atoms with Crippen LogP contribution in [0.1, 0.15) is 26.0 Å². The molecule has 1 rings (SSSR count). The lowest BCUT2D eigenvalue weighted by atomic mass is 10.2. The Morgan fingerprint density at radius 3 is 2.57 bits per heavy atom. The van der Waals surface area contributed by atoms with Gasteiger partial charge in [-0.3, -0.25) is 0 Å². The fourth-order valence-corrected chi connectivity index (χ4v) is 3.87. The minimum absolute atomic E-state index is 0.0397. The quantitative estimate of drug-likeness (QED) is 0.748. The van der Waals surface area contributed by atoms with Crippen LogP contribution < -0.4 is 10.0 Å². The van der Waals surface area contributed by atoms with Crippen molar-refractivity contribution in [1.82, 2.24) is 10.0 Å². The first-order chi connectivity index (χ1) is 9.55. The Morgan fingerprint density at radius 1 is 1.43 bits per heavy atom. The highest BCUT2D eigenvalue weighted by Crippen LogP contribution is 2.27. The standard InChI is InChI=1S/C11H16BrF3N2O3S/c1-3-16-6-8-4-9(10(12)20-8)21(18,19)17-7(2)5-11(13,14)15/h4,7,16-17H,3,5-6H2,1-2H3. The lowest BCUT2D eigenvalue weighted by molar-refractivity contribution is -0.137. The fraction of sp³-hybridized carbons (Fsp3) is 0.636. The molecular formula is C11H16BrF3N2O3S. The van der Waals surface area contributed by atoms with Gasteiger partial charge < -0.3 is 9.73 Å². The molecule has 21 heavy (non-hydrogen) atoms. The van der Waals surface area contributed by atoms with E-state index in [0.29, 0.717) is 18.8 Å². The second kappa shape index (κ2) is 7.12. The van der Waals surface area contributed by atoms with Crippen molar-refractivity contribution in [2.75, 3.05) is 6.54 Å². The van der Waals surface area contributed by atoms with Crippen molar-refractivity contribution in [1.29, 1.82) is 0 Å². The van der Waals surface area contributed by atoms with Gasteiger partial charge in [-0.2, -0.15) is 13.2 Å². The Kier molecular flexibility index (Phi) is 6.26. The summed E-state index contributed by atoms with van der Waals surface area (Å²) in [6, 6.07) is 0.00377. The number of rotatable bonds is 7. The summed E-state index contributed by atoms with van der Waals surface area (Å²) in [7, 11) is -4.09. The molecule has 1 aromatic rings. The minimum atomic E-state index is -4.44. The molecule has 1 unspecified atom stereocenters. The van der Waals surface area contributed by atoms with Crippen molar-refractivity contribution >= 4 is 26.0 Å². The molecule has 0 aliphatic carbocycles. The second-order valence-electron chi connectivity index (χ2n) is 4.47. The molecule has 0 spiro atoms. The molecule has 1 heterocycles. The monoisotopic (exact) mass is 392 g/mol. The van der Waals surface area contributed by atoms with Crippen LogP contribution >= 0.6 is 15.9 Å². The summed E-state index contributed by atoms with van der Waals surface area (Å²) in [4.78, 5) is -0.218. The molecule has 10 heteroatoms. The number of sulfonamides is 1. The van der Waals surface area contributed by atoms with Crippen LogP contribution in [0.5, 0.6) is 0 Å². The van der Waals surface area contributed by atoms with Crippen molar-refractivity contribution in [3.05, 3.63) is 16.5 Å². The zero-order valence-corrected chi connectivity index (χ0v) is 13.8. The van der Waals surface area contributed by atoms with E-state index < -0.39 is 28.7 Å². The van der Waals surface area contributed by atoms with Crippen LogP contribution in [-0.4, -0.2) is 27.2 Å². The third kappa shape index (κ3) is 5.97. The minimum Gasteiger partial charge on any atom is -0.452 e. The molecule has 0 saturated heterocycles. The first kappa shape index (κ1) is 18.5. The van der Waals surface area contributed by atoms with Gasteiger partial charge in [0.2, 0.25) is 10.0 Å². The first-order valence-electron chi connectivity index (χ1n) is 6.13. The van der Waals surface area contributed by atoms with Gasteiger partial charge in [-0.05, 0) is 29.4 Å². The molecule has 5 nitrogen and oxygen atoms in total. The number of hydrogen-bond donors (Lipinski definition) is 2. The van der Waals surface area contributed by atoms with Crippen LogP contribution in [0.4, 0.5) is 13.2 Å². The van der Waals surface area contributed by atoms with Gasteiger partial charge in [0.25, 0.3) is 0 Å². The molecule has 0 saturated carbocycles. The number of halogens is 4. The van der Waals surface area contributed by atoms with Gasteiger partial charge in [0, 0.05) is 12.1 Å². The maximum atomic E-state index is 12.2. The van der Waals surface area contributed by atoms with Crippen molar-refractivity contribution in [2.45, 2.75) is 43.9 Å². The average Bonchev–Trinajstić information content (AvgIpc) is 2.65. The van der Waals surface area contributed by atoms with Gasteiger partial charge >= 0.3 is 6.18 Å². The third-order valence-electron chi connectivity index (χ3n) is 2.44. The average molecular weight is 393 g/mol. The van der Waals surface area contributed by atoms with Gasteiger partial charge in [-0.15, -0.1) is 0 Å². The number of hydrogen-bond acceptors (Lipinski definition) is 4. The van der Waals surface area contributed by atoms with E-state index in [0.717, 1.165) is 6.92 Å². The van der Waals surface area contributed by atoms with E-state index in [1.165, 1.54) is 6.07 Å². The Balaban J connectivity index is 2.85. The van der Waals surface area contributed by atoms with Crippen LogP contribution in [0.2, 0.25) is 0 Å². The Hall–Kier alpha value is -0.580. The van der Waals surface area contributed by atoms with Crippen LogP contribution in [0.3, 0.4) is 0 Å². The van der Waals surface area contributed by atoms with Gasteiger partial charge in [0.05, 0.1) is 13.0 Å². The summed E-state index contributed by atoms with van der Waals surface area (Å²) in [5, 5.41) is 2.95. The fourth-order valence-electron chi connectivity index (χ4n) is 1.63. The molecule has 1 atom stereocenters. The second-order valence-corrected chi connectivity index (χ2v) is 6.88. The lowest BCUT2D eigenvalue weighted by Gasteiger charge is -2.15. The molecule has 0 fully saturated rings. The first-order valence-corrected chi connectivity index (χ1v) is 8.40. The van der Waals surface area contributed by atoms with Gasteiger partial charge in [-0.25, -0.2) is 13.1 Å². The van der Waals surface area contributed by atoms with Crippen molar-refractivity contribution < 1.29 is 26.0 Å². The number of alkyl halides is 3. The maximum absolute atomic E-state index is 12.2. The molecular weight excluding hydrogens is 377 g/mol. The number of nitrogens with one attached hydrogen (secondary N) is 2. The van der Waals surface area contributed by atoms with E-state index in [2.05, 4.69) is 21.2 Å². The SMILES string of the molecule is CCNCc1cc(S(=O)(=O)NC(C)CC(F)(F)F)c(Br)o1. The molecule has 0 aliphatic heterocycles. The van der Waals surface area contributed by atoms with E-state index in [1.807, 2.05) is 11.6 Å². The Labute approximate surface area is 129 Å². The summed E-state index contributed by atoms with van der Waals surface area (Å²) in [6.45, 7) is 4.01. The molecule has 0 aliphatic rings.